The number of aryl methyl sites for hydroxylation is 3. The molecule has 3 atom stereocenters. The predicted octanol–water partition coefficient (Wildman–Crippen LogP) is 6.67. The minimum atomic E-state index is -1.11. The van der Waals surface area contributed by atoms with Crippen LogP contribution in [0.2, 0.25) is 0 Å². The Kier molecular flexibility index (Phi) is 6.89. The minimum Gasteiger partial charge on any atom is -0.493 e. The van der Waals surface area contributed by atoms with Gasteiger partial charge in [-0.05, 0) is 86.6 Å². The maximum atomic E-state index is 6.66. The van der Waals surface area contributed by atoms with E-state index >= 15 is 0 Å². The Morgan fingerprint density at radius 3 is 2.61 bits per heavy atom. The van der Waals surface area contributed by atoms with Gasteiger partial charge in [-0.3, -0.25) is 4.98 Å². The predicted molar refractivity (Wildman–Crippen MR) is 143 cm³/mol. The van der Waals surface area contributed by atoms with Crippen molar-refractivity contribution in [2.24, 2.45) is 0 Å². The van der Waals surface area contributed by atoms with Gasteiger partial charge in [0, 0.05) is 35.3 Å². The molecule has 3 unspecified atom stereocenters. The van der Waals surface area contributed by atoms with Gasteiger partial charge in [-0.2, -0.15) is 0 Å². The number of fused-ring (bicyclic) bond motifs is 2. The lowest BCUT2D eigenvalue weighted by Gasteiger charge is -2.49. The minimum absolute atomic E-state index is 0.313. The van der Waals surface area contributed by atoms with Crippen molar-refractivity contribution in [3.8, 4) is 16.9 Å². The molecule has 0 spiro atoms. The van der Waals surface area contributed by atoms with E-state index in [1.807, 2.05) is 13.8 Å². The lowest BCUT2D eigenvalue weighted by atomic mass is 9.88. The van der Waals surface area contributed by atoms with Gasteiger partial charge >= 0.3 is 0 Å². The van der Waals surface area contributed by atoms with E-state index in [1.165, 1.54) is 11.1 Å². The summed E-state index contributed by atoms with van der Waals surface area (Å²) in [4.78, 5) is 5.11. The first-order chi connectivity index (χ1) is 17.2. The first kappa shape index (κ1) is 25.6. The lowest BCUT2D eigenvalue weighted by Crippen LogP contribution is -2.60. The van der Waals surface area contributed by atoms with Crippen molar-refractivity contribution >= 4 is 26.8 Å². The third-order valence-electron chi connectivity index (χ3n) is 7.74. The summed E-state index contributed by atoms with van der Waals surface area (Å²) >= 11 is 3.74. The number of benzene rings is 2. The van der Waals surface area contributed by atoms with Crippen LogP contribution in [-0.2, 0) is 31.8 Å². The molecule has 0 N–H and O–H groups in total. The lowest BCUT2D eigenvalue weighted by molar-refractivity contribution is -0.433. The van der Waals surface area contributed by atoms with Crippen LogP contribution in [0.3, 0.4) is 0 Å². The zero-order valence-electron chi connectivity index (χ0n) is 21.9. The average molecular weight is 556 g/mol. The number of rotatable bonds is 5. The molecule has 0 radical (unpaired) electrons. The third-order valence-corrected chi connectivity index (χ3v) is 8.20. The zero-order chi connectivity index (χ0) is 25.7. The summed E-state index contributed by atoms with van der Waals surface area (Å²) in [5.74, 6) is -1.19. The van der Waals surface area contributed by atoms with E-state index in [4.69, 9.17) is 28.7 Å². The van der Waals surface area contributed by atoms with Gasteiger partial charge in [-0.25, -0.2) is 0 Å². The fourth-order valence-corrected chi connectivity index (χ4v) is 5.93. The monoisotopic (exact) mass is 555 g/mol. The molecule has 1 saturated heterocycles. The highest BCUT2D eigenvalue weighted by Crippen LogP contribution is 2.47. The first-order valence-corrected chi connectivity index (χ1v) is 13.3. The van der Waals surface area contributed by atoms with Gasteiger partial charge in [0.05, 0.1) is 18.7 Å². The van der Waals surface area contributed by atoms with Crippen molar-refractivity contribution in [2.45, 2.75) is 64.6 Å². The summed E-state index contributed by atoms with van der Waals surface area (Å²) in [6.45, 7) is 8.99. The SMILES string of the molecule is CCc1cc(Br)cc2c(-c3ccc4c(c3)CCCO4)c(C3COC(C)(OC)C(C)(OC)O3)c(C)nc12. The van der Waals surface area contributed by atoms with Gasteiger partial charge in [-0.15, -0.1) is 0 Å². The van der Waals surface area contributed by atoms with Crippen LogP contribution in [0.15, 0.2) is 34.8 Å². The fraction of sp³-hybridized carbons (Fsp3) is 0.483. The molecule has 0 bridgehead atoms. The van der Waals surface area contributed by atoms with Crippen molar-refractivity contribution < 1.29 is 23.7 Å². The average Bonchev–Trinajstić information content (AvgIpc) is 2.89. The second-order valence-electron chi connectivity index (χ2n) is 9.79. The smallest absolute Gasteiger partial charge is 0.220 e. The highest BCUT2D eigenvalue weighted by Gasteiger charge is 2.54. The first-order valence-electron chi connectivity index (χ1n) is 12.5. The van der Waals surface area contributed by atoms with E-state index in [0.717, 1.165) is 69.4 Å². The molecule has 2 aromatic carbocycles. The van der Waals surface area contributed by atoms with E-state index in [0.29, 0.717) is 6.61 Å². The standard InChI is InChI=1S/C29H34BrNO5/c1-7-18-14-21(30)15-22-26(20-10-11-23-19(13-20)9-8-12-34-23)25(17(2)31-27(18)22)24-16-35-28(3,32-5)29(4,33-6)36-24/h10-11,13-15,24H,7-9,12,16H2,1-6H3. The normalized spacial score (nSPS) is 26.0. The highest BCUT2D eigenvalue weighted by molar-refractivity contribution is 9.10. The van der Waals surface area contributed by atoms with Crippen LogP contribution >= 0.6 is 15.9 Å². The number of halogens is 1. The van der Waals surface area contributed by atoms with Crippen LogP contribution in [-0.4, -0.2) is 44.0 Å². The van der Waals surface area contributed by atoms with E-state index in [1.54, 1.807) is 14.2 Å². The van der Waals surface area contributed by atoms with Crippen molar-refractivity contribution in [1.82, 2.24) is 4.98 Å². The molecule has 1 fully saturated rings. The number of hydrogen-bond acceptors (Lipinski definition) is 6. The van der Waals surface area contributed by atoms with Gasteiger partial charge in [0.15, 0.2) is 0 Å². The number of pyridine rings is 1. The van der Waals surface area contributed by atoms with Gasteiger partial charge < -0.3 is 23.7 Å². The van der Waals surface area contributed by atoms with Crippen molar-refractivity contribution in [1.29, 1.82) is 0 Å². The van der Waals surface area contributed by atoms with Crippen molar-refractivity contribution in [3.05, 3.63) is 57.2 Å². The Bertz CT molecular complexity index is 1310. The van der Waals surface area contributed by atoms with Crippen LogP contribution in [0, 0.1) is 6.92 Å². The molecule has 3 heterocycles. The van der Waals surface area contributed by atoms with Gasteiger partial charge in [0.1, 0.15) is 11.9 Å². The van der Waals surface area contributed by atoms with Crippen LogP contribution < -0.4 is 4.74 Å². The number of aromatic nitrogens is 1. The third kappa shape index (κ3) is 4.15. The number of hydrogen-bond donors (Lipinski definition) is 0. The zero-order valence-corrected chi connectivity index (χ0v) is 23.5. The van der Waals surface area contributed by atoms with E-state index < -0.39 is 17.7 Å². The molecule has 0 saturated carbocycles. The van der Waals surface area contributed by atoms with Crippen LogP contribution in [0.4, 0.5) is 0 Å². The summed E-state index contributed by atoms with van der Waals surface area (Å²) in [6, 6.07) is 10.8. The summed E-state index contributed by atoms with van der Waals surface area (Å²) < 4.78 is 31.4. The Hall–Kier alpha value is -2.03. The Morgan fingerprint density at radius 2 is 1.89 bits per heavy atom. The molecule has 2 aliphatic rings. The van der Waals surface area contributed by atoms with E-state index in [2.05, 4.69) is 60.1 Å². The molecular weight excluding hydrogens is 522 g/mol. The van der Waals surface area contributed by atoms with Crippen molar-refractivity contribution in [2.75, 3.05) is 27.4 Å². The Labute approximate surface area is 221 Å². The van der Waals surface area contributed by atoms with Gasteiger partial charge in [-0.1, -0.05) is 28.9 Å². The van der Waals surface area contributed by atoms with Crippen LogP contribution in [0.25, 0.3) is 22.0 Å². The summed E-state index contributed by atoms with van der Waals surface area (Å²) in [5, 5.41) is 1.08. The van der Waals surface area contributed by atoms with Gasteiger partial charge in [0.2, 0.25) is 11.6 Å². The topological polar surface area (TPSA) is 59.0 Å². The largest absolute Gasteiger partial charge is 0.493 e. The maximum absolute atomic E-state index is 6.66. The number of ether oxygens (including phenoxy) is 5. The summed E-state index contributed by atoms with van der Waals surface area (Å²) in [5.41, 5.74) is 7.58. The molecule has 36 heavy (non-hydrogen) atoms. The van der Waals surface area contributed by atoms with E-state index in [9.17, 15) is 0 Å². The summed E-state index contributed by atoms with van der Waals surface area (Å²) in [6.07, 6.45) is 2.51. The van der Waals surface area contributed by atoms with Crippen LogP contribution in [0.5, 0.6) is 5.75 Å². The van der Waals surface area contributed by atoms with Gasteiger partial charge in [0.25, 0.3) is 0 Å². The molecule has 5 rings (SSSR count). The molecule has 2 aliphatic heterocycles. The molecule has 0 amide bonds. The Balaban J connectivity index is 1.76. The molecular formula is C29H34BrNO5. The fourth-order valence-electron chi connectivity index (χ4n) is 5.42. The highest BCUT2D eigenvalue weighted by atomic mass is 79.9. The quantitative estimate of drug-likeness (QED) is 0.350. The van der Waals surface area contributed by atoms with E-state index in [-0.39, 0.29) is 0 Å². The van der Waals surface area contributed by atoms with Crippen LogP contribution in [0.1, 0.15) is 55.7 Å². The Morgan fingerprint density at radius 1 is 1.11 bits per heavy atom. The second-order valence-corrected chi connectivity index (χ2v) is 10.7. The molecule has 0 aliphatic carbocycles. The molecule has 7 heteroatoms. The summed E-state index contributed by atoms with van der Waals surface area (Å²) in [7, 11) is 3.22. The molecule has 192 valence electrons. The molecule has 6 nitrogen and oxygen atoms in total. The van der Waals surface area contributed by atoms with Crippen molar-refractivity contribution in [3.63, 3.8) is 0 Å². The maximum Gasteiger partial charge on any atom is 0.220 e. The molecule has 3 aromatic rings. The number of nitrogens with zero attached hydrogens (tertiary/aromatic N) is 1. The second kappa shape index (κ2) is 9.69. The number of methoxy groups -OCH3 is 2. The molecule has 1 aromatic heterocycles.